The van der Waals surface area contributed by atoms with E-state index in [0.29, 0.717) is 6.10 Å². The van der Waals surface area contributed by atoms with Crippen molar-refractivity contribution in [3.63, 3.8) is 0 Å². The van der Waals surface area contributed by atoms with Crippen LogP contribution in [0, 0.1) is 0 Å². The van der Waals surface area contributed by atoms with E-state index in [1.807, 2.05) is 0 Å². The smallest absolute Gasteiger partial charge is 0.166 e. The van der Waals surface area contributed by atoms with Gasteiger partial charge in [0.25, 0.3) is 0 Å². The van der Waals surface area contributed by atoms with Crippen molar-refractivity contribution in [3.05, 3.63) is 0 Å². The van der Waals surface area contributed by atoms with E-state index in [2.05, 4.69) is 17.6 Å². The van der Waals surface area contributed by atoms with Gasteiger partial charge in [-0.05, 0) is 31.5 Å². The number of rotatable bonds is 6. The highest BCUT2D eigenvalue weighted by molar-refractivity contribution is 7.80. The maximum absolute atomic E-state index is 5.50. The molecule has 1 heterocycles. The first kappa shape index (κ1) is 12.7. The van der Waals surface area contributed by atoms with Crippen molar-refractivity contribution in [2.24, 2.45) is 0 Å². The van der Waals surface area contributed by atoms with E-state index in [1.165, 1.54) is 25.7 Å². The van der Waals surface area contributed by atoms with Gasteiger partial charge in [0.1, 0.15) is 0 Å². The van der Waals surface area contributed by atoms with Gasteiger partial charge in [-0.15, -0.1) is 0 Å². The van der Waals surface area contributed by atoms with Gasteiger partial charge in [-0.3, -0.25) is 0 Å². The molecule has 1 fully saturated rings. The molecule has 4 heteroatoms. The largest absolute Gasteiger partial charge is 0.376 e. The van der Waals surface area contributed by atoms with Gasteiger partial charge >= 0.3 is 0 Å². The van der Waals surface area contributed by atoms with Crippen molar-refractivity contribution in [2.75, 3.05) is 19.7 Å². The Hall–Kier alpha value is -0.350. The number of unbranched alkanes of at least 4 members (excludes halogenated alkanes) is 2. The lowest BCUT2D eigenvalue weighted by molar-refractivity contribution is 0.114. The van der Waals surface area contributed by atoms with Crippen molar-refractivity contribution in [1.29, 1.82) is 0 Å². The molecule has 0 amide bonds. The molecule has 0 spiro atoms. The number of ether oxygens (including phenoxy) is 1. The Morgan fingerprint density at radius 3 is 2.93 bits per heavy atom. The fraction of sp³-hybridized carbons (Fsp3) is 0.909. The fourth-order valence-electron chi connectivity index (χ4n) is 1.65. The lowest BCUT2D eigenvalue weighted by Gasteiger charge is -2.13. The topological polar surface area (TPSA) is 33.3 Å². The number of hydrogen-bond acceptors (Lipinski definition) is 2. The summed E-state index contributed by atoms with van der Waals surface area (Å²) in [7, 11) is 0. The van der Waals surface area contributed by atoms with Crippen LogP contribution >= 0.6 is 12.2 Å². The van der Waals surface area contributed by atoms with Gasteiger partial charge in [0, 0.05) is 19.7 Å². The van der Waals surface area contributed by atoms with Crippen LogP contribution in [0.5, 0.6) is 0 Å². The van der Waals surface area contributed by atoms with E-state index < -0.39 is 0 Å². The molecule has 3 nitrogen and oxygen atoms in total. The average Bonchev–Trinajstić information content (AvgIpc) is 2.74. The molecule has 0 aromatic rings. The van der Waals surface area contributed by atoms with Crippen LogP contribution < -0.4 is 10.6 Å². The zero-order chi connectivity index (χ0) is 10.9. The van der Waals surface area contributed by atoms with E-state index >= 15 is 0 Å². The van der Waals surface area contributed by atoms with Gasteiger partial charge in [-0.25, -0.2) is 0 Å². The van der Waals surface area contributed by atoms with Gasteiger partial charge in [0.05, 0.1) is 6.10 Å². The first-order valence-corrected chi connectivity index (χ1v) is 6.37. The standard InChI is InChI=1S/C11H22N2OS/c1-2-3-4-7-12-11(15)13-9-10-6-5-8-14-10/h10H,2-9H2,1H3,(H2,12,13,15). The molecule has 1 saturated heterocycles. The molecule has 1 aliphatic rings. The monoisotopic (exact) mass is 230 g/mol. The molecule has 0 bridgehead atoms. The Labute approximate surface area is 98.0 Å². The molecule has 0 aromatic carbocycles. The molecule has 0 radical (unpaired) electrons. The van der Waals surface area contributed by atoms with Crippen LogP contribution in [-0.2, 0) is 4.74 Å². The SMILES string of the molecule is CCCCCNC(=S)NCC1CCCO1. The van der Waals surface area contributed by atoms with Crippen LogP contribution in [0.1, 0.15) is 39.0 Å². The fourth-order valence-corrected chi connectivity index (χ4v) is 1.84. The van der Waals surface area contributed by atoms with E-state index in [4.69, 9.17) is 17.0 Å². The van der Waals surface area contributed by atoms with Gasteiger partial charge in [-0.2, -0.15) is 0 Å². The number of hydrogen-bond donors (Lipinski definition) is 2. The van der Waals surface area contributed by atoms with Crippen LogP contribution in [0.4, 0.5) is 0 Å². The molecule has 0 aromatic heterocycles. The Kier molecular flexibility index (Phi) is 6.68. The quantitative estimate of drug-likeness (QED) is 0.539. The Bertz CT molecular complexity index is 181. The van der Waals surface area contributed by atoms with E-state index in [-0.39, 0.29) is 0 Å². The summed E-state index contributed by atoms with van der Waals surface area (Å²) >= 11 is 5.16. The van der Waals surface area contributed by atoms with Crippen LogP contribution in [0.2, 0.25) is 0 Å². The summed E-state index contributed by atoms with van der Waals surface area (Å²) in [6.45, 7) is 4.93. The number of thiocarbonyl (C=S) groups is 1. The van der Waals surface area contributed by atoms with E-state index in [9.17, 15) is 0 Å². The van der Waals surface area contributed by atoms with Crippen LogP contribution in [0.25, 0.3) is 0 Å². The minimum atomic E-state index is 0.361. The van der Waals surface area contributed by atoms with Crippen LogP contribution in [0.15, 0.2) is 0 Å². The van der Waals surface area contributed by atoms with Crippen molar-refractivity contribution in [2.45, 2.75) is 45.1 Å². The number of nitrogens with one attached hydrogen (secondary N) is 2. The molecule has 15 heavy (non-hydrogen) atoms. The first-order valence-electron chi connectivity index (χ1n) is 5.96. The van der Waals surface area contributed by atoms with Gasteiger partial charge in [0.15, 0.2) is 5.11 Å². The summed E-state index contributed by atoms with van der Waals surface area (Å²) in [6.07, 6.45) is 6.41. The maximum Gasteiger partial charge on any atom is 0.166 e. The Morgan fingerprint density at radius 1 is 1.40 bits per heavy atom. The Balaban J connectivity index is 1.93. The minimum absolute atomic E-state index is 0.361. The molecule has 0 saturated carbocycles. The van der Waals surface area contributed by atoms with Crippen molar-refractivity contribution in [3.8, 4) is 0 Å². The first-order chi connectivity index (χ1) is 7.33. The predicted molar refractivity (Wildman–Crippen MR) is 67.1 cm³/mol. The summed E-state index contributed by atoms with van der Waals surface area (Å²) in [5.74, 6) is 0. The zero-order valence-corrected chi connectivity index (χ0v) is 10.4. The van der Waals surface area contributed by atoms with Crippen molar-refractivity contribution in [1.82, 2.24) is 10.6 Å². The van der Waals surface area contributed by atoms with Crippen LogP contribution in [0.3, 0.4) is 0 Å². The van der Waals surface area contributed by atoms with E-state index in [0.717, 1.165) is 31.2 Å². The molecule has 2 N–H and O–H groups in total. The minimum Gasteiger partial charge on any atom is -0.376 e. The molecule has 1 unspecified atom stereocenters. The van der Waals surface area contributed by atoms with Gasteiger partial charge in [0.2, 0.25) is 0 Å². The van der Waals surface area contributed by atoms with E-state index in [1.54, 1.807) is 0 Å². The van der Waals surface area contributed by atoms with Crippen LogP contribution in [-0.4, -0.2) is 30.9 Å². The molecule has 1 aliphatic heterocycles. The third-order valence-electron chi connectivity index (χ3n) is 2.58. The summed E-state index contributed by atoms with van der Waals surface area (Å²) in [6, 6.07) is 0. The van der Waals surface area contributed by atoms with Crippen molar-refractivity contribution < 1.29 is 4.74 Å². The Morgan fingerprint density at radius 2 is 2.27 bits per heavy atom. The second-order valence-corrected chi connectivity index (χ2v) is 4.39. The second kappa shape index (κ2) is 7.88. The van der Waals surface area contributed by atoms with Gasteiger partial charge < -0.3 is 15.4 Å². The predicted octanol–water partition coefficient (Wildman–Crippen LogP) is 1.82. The van der Waals surface area contributed by atoms with Crippen molar-refractivity contribution >= 4 is 17.3 Å². The summed E-state index contributed by atoms with van der Waals surface area (Å²) in [4.78, 5) is 0. The third kappa shape index (κ3) is 5.95. The lowest BCUT2D eigenvalue weighted by Crippen LogP contribution is -2.39. The highest BCUT2D eigenvalue weighted by atomic mass is 32.1. The highest BCUT2D eigenvalue weighted by Crippen LogP contribution is 2.10. The average molecular weight is 230 g/mol. The molecular weight excluding hydrogens is 208 g/mol. The molecule has 1 atom stereocenters. The molecule has 0 aliphatic carbocycles. The summed E-state index contributed by atoms with van der Waals surface area (Å²) in [5, 5.41) is 7.17. The highest BCUT2D eigenvalue weighted by Gasteiger charge is 2.14. The second-order valence-electron chi connectivity index (χ2n) is 3.98. The molecule has 88 valence electrons. The zero-order valence-electron chi connectivity index (χ0n) is 9.55. The lowest BCUT2D eigenvalue weighted by atomic mass is 10.2. The summed E-state index contributed by atoms with van der Waals surface area (Å²) < 4.78 is 5.50. The maximum atomic E-state index is 5.50. The normalized spacial score (nSPS) is 20.2. The summed E-state index contributed by atoms with van der Waals surface area (Å²) in [5.41, 5.74) is 0. The molecule has 1 rings (SSSR count). The third-order valence-corrected chi connectivity index (χ3v) is 2.87. The van der Waals surface area contributed by atoms with Gasteiger partial charge in [-0.1, -0.05) is 19.8 Å². The molecular formula is C11H22N2OS.